The lowest BCUT2D eigenvalue weighted by molar-refractivity contribution is 0.669. The molecule has 11 rings (SSSR count). The summed E-state index contributed by atoms with van der Waals surface area (Å²) < 4.78 is 6.59. The summed E-state index contributed by atoms with van der Waals surface area (Å²) in [5, 5.41) is 5.56. The van der Waals surface area contributed by atoms with Crippen LogP contribution in [0.25, 0.3) is 111 Å². The van der Waals surface area contributed by atoms with E-state index in [4.69, 9.17) is 19.4 Å². The quantitative estimate of drug-likeness (QED) is 0.160. The molecule has 0 amide bonds. The van der Waals surface area contributed by atoms with Gasteiger partial charge in [-0.05, 0) is 41.0 Å². The van der Waals surface area contributed by atoms with Crippen LogP contribution in [0.15, 0.2) is 205 Å². The molecule has 4 nitrogen and oxygen atoms in total. The minimum absolute atomic E-state index is 0.707. The van der Waals surface area contributed by atoms with Gasteiger partial charge >= 0.3 is 0 Å². The molecule has 0 unspecified atom stereocenters. The van der Waals surface area contributed by atoms with Crippen LogP contribution in [0, 0.1) is 0 Å². The van der Waals surface area contributed by atoms with Gasteiger partial charge in [0.15, 0.2) is 5.82 Å². The molecule has 0 fully saturated rings. The van der Waals surface area contributed by atoms with E-state index in [-0.39, 0.29) is 0 Å². The average Bonchev–Trinajstić information content (AvgIpc) is 3.67. The van der Waals surface area contributed by atoms with E-state index < -0.39 is 0 Å². The fourth-order valence-electron chi connectivity index (χ4n) is 8.15. The molecule has 3 heterocycles. The number of pyridine rings is 1. The summed E-state index contributed by atoms with van der Waals surface area (Å²) in [7, 11) is 0. The molecule has 0 spiro atoms. The minimum atomic E-state index is 0.707. The number of aromatic nitrogens is 3. The maximum atomic E-state index is 6.59. The van der Waals surface area contributed by atoms with E-state index in [2.05, 4.69) is 152 Å². The van der Waals surface area contributed by atoms with Crippen molar-refractivity contribution in [1.82, 2.24) is 15.0 Å². The molecule has 3 aromatic heterocycles. The maximum absolute atomic E-state index is 6.59. The van der Waals surface area contributed by atoms with Gasteiger partial charge in [-0.1, -0.05) is 176 Å². The molecule has 57 heavy (non-hydrogen) atoms. The zero-order valence-electron chi connectivity index (χ0n) is 30.8. The Bertz CT molecular complexity index is 3190. The van der Waals surface area contributed by atoms with Gasteiger partial charge in [0.25, 0.3) is 0 Å². The average molecular weight is 728 g/mol. The van der Waals surface area contributed by atoms with Crippen molar-refractivity contribution < 1.29 is 4.42 Å². The largest absolute Gasteiger partial charge is 0.456 e. The monoisotopic (exact) mass is 727 g/mol. The van der Waals surface area contributed by atoms with Crippen molar-refractivity contribution in [2.24, 2.45) is 0 Å². The third-order valence-electron chi connectivity index (χ3n) is 10.9. The molecule has 0 bridgehead atoms. The summed E-state index contributed by atoms with van der Waals surface area (Å²) in [6.07, 6.45) is 0. The first-order valence-corrected chi connectivity index (χ1v) is 19.2. The summed E-state index contributed by atoms with van der Waals surface area (Å²) in [5.41, 5.74) is 14.1. The van der Waals surface area contributed by atoms with Gasteiger partial charge in [-0.3, -0.25) is 0 Å². The van der Waals surface area contributed by atoms with E-state index in [0.29, 0.717) is 5.82 Å². The molecule has 4 heteroatoms. The highest BCUT2D eigenvalue weighted by atomic mass is 16.3. The summed E-state index contributed by atoms with van der Waals surface area (Å²) >= 11 is 0. The standard InChI is InChI=1S/C53H33N3O/c1-4-14-36(15-5-1)45-33-46(56-53(55-45)40-18-8-3-9-19-40)37-28-24-34(25-29-37)35-26-30-38(31-27-35)49-50-41-20-10-12-22-44(41)54-52(39-16-6-2-7-17-39)43(50)32-48-51(49)42-21-11-13-23-47(42)57-48/h1-33H. The predicted molar refractivity (Wildman–Crippen MR) is 235 cm³/mol. The molecule has 0 aliphatic rings. The van der Waals surface area contributed by atoms with Gasteiger partial charge in [-0.15, -0.1) is 0 Å². The van der Waals surface area contributed by atoms with Gasteiger partial charge in [-0.25, -0.2) is 15.0 Å². The number of fused-ring (bicyclic) bond motifs is 6. The van der Waals surface area contributed by atoms with Crippen LogP contribution >= 0.6 is 0 Å². The summed E-state index contributed by atoms with van der Waals surface area (Å²) in [4.78, 5) is 15.2. The zero-order valence-corrected chi connectivity index (χ0v) is 30.8. The fourth-order valence-corrected chi connectivity index (χ4v) is 8.15. The third-order valence-corrected chi connectivity index (χ3v) is 10.9. The van der Waals surface area contributed by atoms with Crippen LogP contribution in [0.5, 0.6) is 0 Å². The van der Waals surface area contributed by atoms with Gasteiger partial charge in [0, 0.05) is 54.7 Å². The van der Waals surface area contributed by atoms with Crippen molar-refractivity contribution in [1.29, 1.82) is 0 Å². The SMILES string of the molecule is c1ccc(-c2cc(-c3ccc(-c4ccc(-c5c6c(cc7c(-c8ccccc8)nc8ccccc8c57)oc5ccccc56)cc4)cc3)nc(-c3ccccc3)n2)cc1. The van der Waals surface area contributed by atoms with E-state index in [1.807, 2.05) is 48.5 Å². The van der Waals surface area contributed by atoms with Gasteiger partial charge in [-0.2, -0.15) is 0 Å². The second kappa shape index (κ2) is 13.6. The third kappa shape index (κ3) is 5.74. The highest BCUT2D eigenvalue weighted by molar-refractivity contribution is 6.27. The molecular formula is C53H33N3O. The molecule has 8 aromatic carbocycles. The molecule has 0 saturated heterocycles. The van der Waals surface area contributed by atoms with Gasteiger partial charge in [0.1, 0.15) is 11.2 Å². The number of benzene rings is 8. The lowest BCUT2D eigenvalue weighted by atomic mass is 9.89. The molecule has 0 N–H and O–H groups in total. The number of furan rings is 1. The van der Waals surface area contributed by atoms with Gasteiger partial charge in [0.2, 0.25) is 0 Å². The van der Waals surface area contributed by atoms with Crippen LogP contribution in [0.1, 0.15) is 0 Å². The second-order valence-corrected chi connectivity index (χ2v) is 14.3. The molecule has 0 atom stereocenters. The Labute approximate surface area is 329 Å². The van der Waals surface area contributed by atoms with Crippen molar-refractivity contribution >= 4 is 43.6 Å². The Morgan fingerprint density at radius 3 is 1.49 bits per heavy atom. The summed E-state index contributed by atoms with van der Waals surface area (Å²) in [6, 6.07) is 69.6. The molecule has 11 aromatic rings. The van der Waals surface area contributed by atoms with Crippen molar-refractivity contribution in [3.63, 3.8) is 0 Å². The predicted octanol–water partition coefficient (Wildman–Crippen LogP) is 14.1. The Morgan fingerprint density at radius 1 is 0.316 bits per heavy atom. The number of nitrogens with zero attached hydrogens (tertiary/aromatic N) is 3. The van der Waals surface area contributed by atoms with Crippen molar-refractivity contribution in [3.8, 4) is 67.4 Å². The van der Waals surface area contributed by atoms with Crippen molar-refractivity contribution in [2.75, 3.05) is 0 Å². The number of rotatable bonds is 6. The van der Waals surface area contributed by atoms with Crippen LogP contribution in [0.3, 0.4) is 0 Å². The lowest BCUT2D eigenvalue weighted by Gasteiger charge is -2.16. The van der Waals surface area contributed by atoms with Crippen molar-refractivity contribution in [2.45, 2.75) is 0 Å². The minimum Gasteiger partial charge on any atom is -0.456 e. The van der Waals surface area contributed by atoms with Gasteiger partial charge < -0.3 is 4.42 Å². The van der Waals surface area contributed by atoms with E-state index in [0.717, 1.165) is 99.8 Å². The molecule has 266 valence electrons. The summed E-state index contributed by atoms with van der Waals surface area (Å²) in [5.74, 6) is 0.707. The highest BCUT2D eigenvalue weighted by Gasteiger charge is 2.21. The first-order chi connectivity index (χ1) is 28.2. The first kappa shape index (κ1) is 32.7. The Morgan fingerprint density at radius 2 is 0.825 bits per heavy atom. The Hall–Kier alpha value is -7.69. The maximum Gasteiger partial charge on any atom is 0.160 e. The normalized spacial score (nSPS) is 11.5. The van der Waals surface area contributed by atoms with Crippen LogP contribution in [0.4, 0.5) is 0 Å². The van der Waals surface area contributed by atoms with E-state index >= 15 is 0 Å². The number of para-hydroxylation sites is 2. The topological polar surface area (TPSA) is 51.8 Å². The van der Waals surface area contributed by atoms with E-state index in [9.17, 15) is 0 Å². The fraction of sp³-hybridized carbons (Fsp3) is 0. The van der Waals surface area contributed by atoms with Gasteiger partial charge in [0.05, 0.1) is 22.6 Å². The molecule has 0 radical (unpaired) electrons. The molecular weight excluding hydrogens is 695 g/mol. The van der Waals surface area contributed by atoms with Crippen LogP contribution in [-0.2, 0) is 0 Å². The Balaban J connectivity index is 1.04. The first-order valence-electron chi connectivity index (χ1n) is 19.2. The Kier molecular flexibility index (Phi) is 7.78. The molecule has 0 aliphatic heterocycles. The second-order valence-electron chi connectivity index (χ2n) is 14.3. The molecule has 0 aliphatic carbocycles. The van der Waals surface area contributed by atoms with Crippen molar-refractivity contribution in [3.05, 3.63) is 200 Å². The zero-order chi connectivity index (χ0) is 37.7. The van der Waals surface area contributed by atoms with Crippen LogP contribution in [-0.4, -0.2) is 15.0 Å². The molecule has 0 saturated carbocycles. The summed E-state index contributed by atoms with van der Waals surface area (Å²) in [6.45, 7) is 0. The smallest absolute Gasteiger partial charge is 0.160 e. The van der Waals surface area contributed by atoms with Crippen LogP contribution < -0.4 is 0 Å². The highest BCUT2D eigenvalue weighted by Crippen LogP contribution is 2.46. The van der Waals surface area contributed by atoms with Crippen LogP contribution in [0.2, 0.25) is 0 Å². The number of hydrogen-bond acceptors (Lipinski definition) is 4. The van der Waals surface area contributed by atoms with E-state index in [1.165, 1.54) is 5.39 Å². The lowest BCUT2D eigenvalue weighted by Crippen LogP contribution is -1.95. The number of hydrogen-bond donors (Lipinski definition) is 0. The van der Waals surface area contributed by atoms with E-state index in [1.54, 1.807) is 0 Å².